The Labute approximate surface area is 66.8 Å². The quantitative estimate of drug-likeness (QED) is 0.446. The Morgan fingerprint density at radius 2 is 2.18 bits per heavy atom. The van der Waals surface area contributed by atoms with Crippen molar-refractivity contribution in [2.75, 3.05) is 26.3 Å². The maximum atomic E-state index is 7.56. The molecule has 0 unspecified atom stereocenters. The van der Waals surface area contributed by atoms with E-state index in [4.69, 9.17) is 10.1 Å². The topological polar surface area (TPSA) is 36.3 Å². The Hall–Kier alpha value is -0.570. The molecule has 11 heavy (non-hydrogen) atoms. The van der Waals surface area contributed by atoms with E-state index < -0.39 is 0 Å². The second-order valence-corrected chi connectivity index (χ2v) is 3.65. The van der Waals surface area contributed by atoms with Crippen LogP contribution >= 0.6 is 0 Å². The molecule has 1 spiro atoms. The van der Waals surface area contributed by atoms with Crippen molar-refractivity contribution < 1.29 is 4.74 Å². The summed E-state index contributed by atoms with van der Waals surface area (Å²) in [4.78, 5) is 2.14. The van der Waals surface area contributed by atoms with Gasteiger partial charge in [0.2, 0.25) is 0 Å². The summed E-state index contributed by atoms with van der Waals surface area (Å²) in [5, 5.41) is 7.56. The fraction of sp³-hybridized carbons (Fsp3) is 0.875. The second kappa shape index (κ2) is 2.21. The van der Waals surface area contributed by atoms with Crippen LogP contribution in [0.2, 0.25) is 0 Å². The smallest absolute Gasteiger partial charge is 0.0955 e. The second-order valence-electron chi connectivity index (χ2n) is 3.65. The van der Waals surface area contributed by atoms with Crippen molar-refractivity contribution >= 4 is 5.84 Å². The van der Waals surface area contributed by atoms with E-state index in [1.165, 1.54) is 0 Å². The van der Waals surface area contributed by atoms with E-state index in [0.29, 0.717) is 5.41 Å². The number of rotatable bonds is 1. The van der Waals surface area contributed by atoms with Gasteiger partial charge < -0.3 is 9.64 Å². The molecule has 0 atom stereocenters. The molecule has 2 rings (SSSR count). The van der Waals surface area contributed by atoms with E-state index in [9.17, 15) is 0 Å². The molecule has 2 aliphatic heterocycles. The summed E-state index contributed by atoms with van der Waals surface area (Å²) in [5.41, 5.74) is 0.460. The molecule has 3 nitrogen and oxygen atoms in total. The minimum absolute atomic E-state index is 0.460. The number of nitrogens with one attached hydrogen (secondary N) is 1. The normalized spacial score (nSPS) is 26.1. The summed E-state index contributed by atoms with van der Waals surface area (Å²) in [6.07, 6.45) is 0.858. The molecule has 2 heterocycles. The fourth-order valence-electron chi connectivity index (χ4n) is 1.75. The van der Waals surface area contributed by atoms with Crippen LogP contribution in [0.4, 0.5) is 0 Å². The number of likely N-dealkylation sites (tertiary alicyclic amines) is 1. The van der Waals surface area contributed by atoms with Gasteiger partial charge in [-0.25, -0.2) is 0 Å². The first-order chi connectivity index (χ1) is 5.26. The summed E-state index contributed by atoms with van der Waals surface area (Å²) >= 11 is 0. The van der Waals surface area contributed by atoms with Crippen molar-refractivity contribution in [3.63, 3.8) is 0 Å². The van der Waals surface area contributed by atoms with Crippen LogP contribution in [0.1, 0.15) is 13.3 Å². The van der Waals surface area contributed by atoms with Crippen LogP contribution in [0.5, 0.6) is 0 Å². The Bertz CT molecular complexity index is 179. The minimum Gasteiger partial charge on any atom is -0.380 e. The molecule has 0 radical (unpaired) electrons. The highest BCUT2D eigenvalue weighted by atomic mass is 16.5. The standard InChI is InChI=1S/C8H14N2O/c1-2-7(9)10-3-8(4-10)5-11-6-8/h9H,2-6H2,1H3. The third-order valence-corrected chi connectivity index (χ3v) is 2.59. The highest BCUT2D eigenvalue weighted by Crippen LogP contribution is 2.37. The lowest BCUT2D eigenvalue weighted by Crippen LogP contribution is -2.66. The molecular weight excluding hydrogens is 140 g/mol. The van der Waals surface area contributed by atoms with Crippen molar-refractivity contribution in [1.29, 1.82) is 5.41 Å². The molecule has 0 amide bonds. The van der Waals surface area contributed by atoms with Crippen LogP contribution in [0.3, 0.4) is 0 Å². The summed E-state index contributed by atoms with van der Waals surface area (Å²) in [5.74, 6) is 0.780. The van der Waals surface area contributed by atoms with Crippen molar-refractivity contribution in [2.24, 2.45) is 5.41 Å². The highest BCUT2D eigenvalue weighted by Gasteiger charge is 2.49. The van der Waals surface area contributed by atoms with Crippen molar-refractivity contribution in [2.45, 2.75) is 13.3 Å². The third kappa shape index (κ3) is 0.948. The van der Waals surface area contributed by atoms with E-state index in [0.717, 1.165) is 38.6 Å². The first-order valence-corrected chi connectivity index (χ1v) is 4.16. The summed E-state index contributed by atoms with van der Waals surface area (Å²) in [6, 6.07) is 0. The average molecular weight is 154 g/mol. The lowest BCUT2D eigenvalue weighted by molar-refractivity contribution is -0.171. The molecule has 2 saturated heterocycles. The minimum atomic E-state index is 0.460. The fourth-order valence-corrected chi connectivity index (χ4v) is 1.75. The SMILES string of the molecule is CCC(=N)N1CC2(COC2)C1. The molecule has 0 saturated carbocycles. The predicted octanol–water partition coefficient (Wildman–Crippen LogP) is 0.706. The summed E-state index contributed by atoms with van der Waals surface area (Å²) in [6.45, 7) is 5.98. The van der Waals surface area contributed by atoms with Crippen LogP contribution in [-0.2, 0) is 4.74 Å². The van der Waals surface area contributed by atoms with E-state index >= 15 is 0 Å². The monoisotopic (exact) mass is 154 g/mol. The lowest BCUT2D eigenvalue weighted by Gasteiger charge is -2.55. The number of hydrogen-bond acceptors (Lipinski definition) is 2. The van der Waals surface area contributed by atoms with Crippen molar-refractivity contribution in [3.05, 3.63) is 0 Å². The first kappa shape index (κ1) is 7.10. The van der Waals surface area contributed by atoms with Crippen LogP contribution < -0.4 is 0 Å². The van der Waals surface area contributed by atoms with Crippen molar-refractivity contribution in [1.82, 2.24) is 4.90 Å². The lowest BCUT2D eigenvalue weighted by atomic mass is 9.78. The van der Waals surface area contributed by atoms with Gasteiger partial charge in [0.05, 0.1) is 24.5 Å². The van der Waals surface area contributed by atoms with Crippen LogP contribution in [0, 0.1) is 10.8 Å². The molecule has 2 fully saturated rings. The Balaban J connectivity index is 1.83. The maximum Gasteiger partial charge on any atom is 0.0955 e. The number of ether oxygens (including phenoxy) is 1. The summed E-state index contributed by atoms with van der Waals surface area (Å²) in [7, 11) is 0. The van der Waals surface area contributed by atoms with E-state index in [1.54, 1.807) is 0 Å². The maximum absolute atomic E-state index is 7.56. The largest absolute Gasteiger partial charge is 0.380 e. The number of nitrogens with zero attached hydrogens (tertiary/aromatic N) is 1. The Morgan fingerprint density at radius 3 is 2.55 bits per heavy atom. The number of hydrogen-bond donors (Lipinski definition) is 1. The zero-order chi connectivity index (χ0) is 7.90. The molecule has 3 heteroatoms. The van der Waals surface area contributed by atoms with Gasteiger partial charge in [0.1, 0.15) is 0 Å². The zero-order valence-corrected chi connectivity index (χ0v) is 6.89. The van der Waals surface area contributed by atoms with E-state index in [2.05, 4.69) is 4.90 Å². The van der Waals surface area contributed by atoms with Gasteiger partial charge >= 0.3 is 0 Å². The van der Waals surface area contributed by atoms with E-state index in [1.807, 2.05) is 6.92 Å². The molecule has 0 aliphatic carbocycles. The number of amidine groups is 1. The third-order valence-electron chi connectivity index (χ3n) is 2.59. The zero-order valence-electron chi connectivity index (χ0n) is 6.89. The molecule has 0 aromatic carbocycles. The first-order valence-electron chi connectivity index (χ1n) is 4.16. The van der Waals surface area contributed by atoms with Gasteiger partial charge in [-0.15, -0.1) is 0 Å². The van der Waals surface area contributed by atoms with Gasteiger partial charge in [-0.3, -0.25) is 5.41 Å². The molecule has 0 aromatic heterocycles. The molecule has 0 aromatic rings. The Morgan fingerprint density at radius 1 is 1.55 bits per heavy atom. The van der Waals surface area contributed by atoms with Gasteiger partial charge in [0.25, 0.3) is 0 Å². The van der Waals surface area contributed by atoms with Crippen LogP contribution in [0.25, 0.3) is 0 Å². The molecular formula is C8H14N2O. The summed E-state index contributed by atoms with van der Waals surface area (Å²) < 4.78 is 5.14. The molecule has 2 aliphatic rings. The predicted molar refractivity (Wildman–Crippen MR) is 42.8 cm³/mol. The van der Waals surface area contributed by atoms with Crippen LogP contribution in [-0.4, -0.2) is 37.0 Å². The molecule has 1 N–H and O–H groups in total. The van der Waals surface area contributed by atoms with Crippen LogP contribution in [0.15, 0.2) is 0 Å². The van der Waals surface area contributed by atoms with Crippen molar-refractivity contribution in [3.8, 4) is 0 Å². The van der Waals surface area contributed by atoms with Gasteiger partial charge in [-0.1, -0.05) is 6.92 Å². The van der Waals surface area contributed by atoms with Gasteiger partial charge in [0.15, 0.2) is 0 Å². The molecule has 62 valence electrons. The average Bonchev–Trinajstić information content (AvgIpc) is 1.81. The Kier molecular flexibility index (Phi) is 1.42. The van der Waals surface area contributed by atoms with E-state index in [-0.39, 0.29) is 0 Å². The highest BCUT2D eigenvalue weighted by molar-refractivity contribution is 5.79. The molecule has 0 bridgehead atoms. The van der Waals surface area contributed by atoms with Gasteiger partial charge in [0, 0.05) is 19.5 Å². The van der Waals surface area contributed by atoms with Gasteiger partial charge in [-0.2, -0.15) is 0 Å². The van der Waals surface area contributed by atoms with Gasteiger partial charge in [-0.05, 0) is 0 Å².